The van der Waals surface area contributed by atoms with Gasteiger partial charge in [0.15, 0.2) is 5.78 Å². The summed E-state index contributed by atoms with van der Waals surface area (Å²) in [5.41, 5.74) is 4.41. The topological polar surface area (TPSA) is 66.2 Å². The molecule has 0 saturated carbocycles. The highest BCUT2D eigenvalue weighted by molar-refractivity contribution is 6.14. The lowest BCUT2D eigenvalue weighted by Crippen LogP contribution is -2.19. The summed E-state index contributed by atoms with van der Waals surface area (Å²) in [4.78, 5) is 17.4. The summed E-state index contributed by atoms with van der Waals surface area (Å²) in [7, 11) is 1.57. The molecule has 152 valence electrons. The summed E-state index contributed by atoms with van der Waals surface area (Å²) in [5.74, 6) is 1.10. The van der Waals surface area contributed by atoms with E-state index in [1.807, 2.05) is 54.7 Å². The molecule has 1 aliphatic heterocycles. The van der Waals surface area contributed by atoms with Gasteiger partial charge in [0.2, 0.25) is 0 Å². The minimum atomic E-state index is -0.0789. The van der Waals surface area contributed by atoms with Gasteiger partial charge in [-0.1, -0.05) is 18.2 Å². The van der Waals surface area contributed by atoms with Crippen molar-refractivity contribution in [2.24, 2.45) is 0 Å². The predicted octanol–water partition coefficient (Wildman–Crippen LogP) is 4.60. The van der Waals surface area contributed by atoms with Crippen molar-refractivity contribution in [3.63, 3.8) is 0 Å². The van der Waals surface area contributed by atoms with Crippen LogP contribution in [0.15, 0.2) is 84.8 Å². The highest BCUT2D eigenvalue weighted by Gasteiger charge is 2.25. The number of fused-ring (bicyclic) bond motifs is 1. The number of hydrogen-bond donors (Lipinski definition) is 0. The Balaban J connectivity index is 1.60. The second kappa shape index (κ2) is 7.91. The second-order valence-electron chi connectivity index (χ2n) is 7.10. The molecule has 3 heterocycles. The van der Waals surface area contributed by atoms with Crippen LogP contribution < -0.4 is 9.47 Å². The normalized spacial score (nSPS) is 14.2. The van der Waals surface area contributed by atoms with Gasteiger partial charge in [-0.2, -0.15) is 5.10 Å². The van der Waals surface area contributed by atoms with E-state index >= 15 is 0 Å². The van der Waals surface area contributed by atoms with Crippen molar-refractivity contribution in [2.75, 3.05) is 13.7 Å². The van der Waals surface area contributed by atoms with Crippen molar-refractivity contribution >= 4 is 11.9 Å². The number of Topliss-reactive ketones (excluding diaryl/α,β-unsaturated/α-hetero) is 1. The number of ether oxygens (including phenoxy) is 2. The standard InChI is InChI=1S/C25H19N3O3/c1-30-21-9-10-23-22(13-21)25(29)19(16-31-23)12-18-15-28(20-7-3-2-4-8-20)27-24(18)17-6-5-11-26-14-17/h2-15H,16H2,1H3/b19-12+. The Hall–Kier alpha value is -4.19. The second-order valence-corrected chi connectivity index (χ2v) is 7.10. The van der Waals surface area contributed by atoms with Crippen LogP contribution in [-0.4, -0.2) is 34.3 Å². The van der Waals surface area contributed by atoms with E-state index in [-0.39, 0.29) is 12.4 Å². The number of pyridine rings is 1. The molecule has 2 aromatic heterocycles. The van der Waals surface area contributed by atoms with Crippen LogP contribution in [0.2, 0.25) is 0 Å². The van der Waals surface area contributed by atoms with Crippen LogP contribution >= 0.6 is 0 Å². The summed E-state index contributed by atoms with van der Waals surface area (Å²) in [6, 6.07) is 18.9. The third-order valence-corrected chi connectivity index (χ3v) is 5.13. The van der Waals surface area contributed by atoms with Gasteiger partial charge in [-0.25, -0.2) is 4.68 Å². The van der Waals surface area contributed by atoms with Crippen molar-refractivity contribution in [1.82, 2.24) is 14.8 Å². The maximum atomic E-state index is 13.2. The van der Waals surface area contributed by atoms with Crippen molar-refractivity contribution in [1.29, 1.82) is 0 Å². The Bertz CT molecular complexity index is 1280. The summed E-state index contributed by atoms with van der Waals surface area (Å²) >= 11 is 0. The first-order chi connectivity index (χ1) is 15.2. The summed E-state index contributed by atoms with van der Waals surface area (Å²) < 4.78 is 12.9. The van der Waals surface area contributed by atoms with Gasteiger partial charge >= 0.3 is 0 Å². The van der Waals surface area contributed by atoms with Crippen LogP contribution in [0.25, 0.3) is 23.0 Å². The van der Waals surface area contributed by atoms with E-state index in [0.717, 1.165) is 22.5 Å². The molecule has 0 bridgehead atoms. The maximum absolute atomic E-state index is 13.2. The van der Waals surface area contributed by atoms with Gasteiger partial charge < -0.3 is 9.47 Å². The van der Waals surface area contributed by atoms with Crippen LogP contribution in [0.3, 0.4) is 0 Å². The molecule has 6 heteroatoms. The lowest BCUT2D eigenvalue weighted by atomic mass is 9.97. The van der Waals surface area contributed by atoms with Crippen LogP contribution in [0, 0.1) is 0 Å². The first-order valence-corrected chi connectivity index (χ1v) is 9.84. The van der Waals surface area contributed by atoms with E-state index in [9.17, 15) is 4.79 Å². The first kappa shape index (κ1) is 18.8. The zero-order chi connectivity index (χ0) is 21.2. The molecule has 0 atom stereocenters. The SMILES string of the molecule is COc1ccc2c(c1)C(=O)/C(=C/c1cn(-c3ccccc3)nc1-c1cccnc1)CO2. The monoisotopic (exact) mass is 409 g/mol. The van der Waals surface area contributed by atoms with Gasteiger partial charge in [0.05, 0.1) is 18.4 Å². The minimum Gasteiger partial charge on any atom is -0.497 e. The van der Waals surface area contributed by atoms with E-state index in [1.54, 1.807) is 42.4 Å². The molecule has 0 unspecified atom stereocenters. The van der Waals surface area contributed by atoms with E-state index in [2.05, 4.69) is 4.98 Å². The van der Waals surface area contributed by atoms with E-state index in [4.69, 9.17) is 14.6 Å². The molecule has 0 fully saturated rings. The van der Waals surface area contributed by atoms with Gasteiger partial charge in [-0.15, -0.1) is 0 Å². The molecular formula is C25H19N3O3. The molecule has 2 aromatic carbocycles. The molecule has 0 saturated heterocycles. The van der Waals surface area contributed by atoms with Crippen molar-refractivity contribution in [2.45, 2.75) is 0 Å². The zero-order valence-corrected chi connectivity index (χ0v) is 16.9. The van der Waals surface area contributed by atoms with Crippen LogP contribution in [0.5, 0.6) is 11.5 Å². The number of para-hydroxylation sites is 1. The van der Waals surface area contributed by atoms with Gasteiger partial charge in [0.1, 0.15) is 23.8 Å². The first-order valence-electron chi connectivity index (χ1n) is 9.84. The average Bonchev–Trinajstić information content (AvgIpc) is 3.26. The molecule has 31 heavy (non-hydrogen) atoms. The zero-order valence-electron chi connectivity index (χ0n) is 16.9. The number of ketones is 1. The van der Waals surface area contributed by atoms with E-state index < -0.39 is 0 Å². The highest BCUT2D eigenvalue weighted by atomic mass is 16.5. The molecule has 0 spiro atoms. The molecule has 0 amide bonds. The van der Waals surface area contributed by atoms with E-state index in [1.165, 1.54) is 0 Å². The van der Waals surface area contributed by atoms with Gasteiger partial charge in [0, 0.05) is 35.3 Å². The summed E-state index contributed by atoms with van der Waals surface area (Å²) in [6.07, 6.45) is 7.25. The number of rotatable bonds is 4. The lowest BCUT2D eigenvalue weighted by Gasteiger charge is -2.19. The van der Waals surface area contributed by atoms with Crippen LogP contribution in [0.4, 0.5) is 0 Å². The number of aromatic nitrogens is 3. The molecule has 4 aromatic rings. The van der Waals surface area contributed by atoms with Gasteiger partial charge in [-0.3, -0.25) is 9.78 Å². The van der Waals surface area contributed by atoms with Crippen molar-refractivity contribution in [3.05, 3.63) is 96.0 Å². The van der Waals surface area contributed by atoms with Gasteiger partial charge in [0.25, 0.3) is 0 Å². The smallest absolute Gasteiger partial charge is 0.196 e. The molecule has 1 aliphatic rings. The third kappa shape index (κ3) is 3.59. The Kier molecular flexibility index (Phi) is 4.80. The summed E-state index contributed by atoms with van der Waals surface area (Å²) in [6.45, 7) is 0.196. The average molecular weight is 409 g/mol. The predicted molar refractivity (Wildman–Crippen MR) is 118 cm³/mol. The van der Waals surface area contributed by atoms with Crippen molar-refractivity contribution < 1.29 is 14.3 Å². The maximum Gasteiger partial charge on any atom is 0.196 e. The molecule has 5 rings (SSSR count). The molecule has 6 nitrogen and oxygen atoms in total. The Morgan fingerprint density at radius 2 is 1.97 bits per heavy atom. The largest absolute Gasteiger partial charge is 0.497 e. The van der Waals surface area contributed by atoms with E-state index in [0.29, 0.717) is 22.6 Å². The number of methoxy groups -OCH3 is 1. The number of carbonyl (C=O) groups excluding carboxylic acids is 1. The van der Waals surface area contributed by atoms with Gasteiger partial charge in [-0.05, 0) is 48.5 Å². The quantitative estimate of drug-likeness (QED) is 0.461. The Labute approximate surface area is 179 Å². The lowest BCUT2D eigenvalue weighted by molar-refractivity contribution is 0.100. The van der Waals surface area contributed by atoms with Crippen molar-refractivity contribution in [3.8, 4) is 28.4 Å². The third-order valence-electron chi connectivity index (χ3n) is 5.13. The Morgan fingerprint density at radius 3 is 2.74 bits per heavy atom. The Morgan fingerprint density at radius 1 is 1.10 bits per heavy atom. The minimum absolute atomic E-state index is 0.0789. The van der Waals surface area contributed by atoms with Crippen LogP contribution in [-0.2, 0) is 0 Å². The fourth-order valence-corrected chi connectivity index (χ4v) is 3.56. The number of carbonyl (C=O) groups is 1. The fraction of sp³-hybridized carbons (Fsp3) is 0.0800. The number of hydrogen-bond acceptors (Lipinski definition) is 5. The fourth-order valence-electron chi connectivity index (χ4n) is 3.56. The highest BCUT2D eigenvalue weighted by Crippen LogP contribution is 2.32. The summed E-state index contributed by atoms with van der Waals surface area (Å²) in [5, 5.41) is 4.77. The molecular weight excluding hydrogens is 390 g/mol. The molecule has 0 radical (unpaired) electrons. The molecule has 0 N–H and O–H groups in total. The number of benzene rings is 2. The van der Waals surface area contributed by atoms with Crippen LogP contribution in [0.1, 0.15) is 15.9 Å². The molecule has 0 aliphatic carbocycles. The number of nitrogens with zero attached hydrogens (tertiary/aromatic N) is 3.